The number of nitrogens with zero attached hydrogens (tertiary/aromatic N) is 1. The highest BCUT2D eigenvalue weighted by Crippen LogP contribution is 2.23. The van der Waals surface area contributed by atoms with E-state index in [1.165, 1.54) is 0 Å². The zero-order valence-electron chi connectivity index (χ0n) is 14.4. The summed E-state index contributed by atoms with van der Waals surface area (Å²) >= 11 is 3.41. The number of amides is 2. The predicted octanol–water partition coefficient (Wildman–Crippen LogP) is 4.37. The van der Waals surface area contributed by atoms with Gasteiger partial charge < -0.3 is 14.6 Å². The smallest absolute Gasteiger partial charge is 0.244 e. The second kappa shape index (κ2) is 8.85. The van der Waals surface area contributed by atoms with Gasteiger partial charge in [0.15, 0.2) is 0 Å². The molecule has 6 heteroatoms. The van der Waals surface area contributed by atoms with Gasteiger partial charge in [0.2, 0.25) is 11.8 Å². The van der Waals surface area contributed by atoms with E-state index in [1.807, 2.05) is 36.4 Å². The van der Waals surface area contributed by atoms with E-state index in [0.29, 0.717) is 11.4 Å². The third-order valence-electron chi connectivity index (χ3n) is 4.34. The number of hydrogen-bond acceptors (Lipinski definition) is 3. The largest absolute Gasteiger partial charge is 0.467 e. The Balaban J connectivity index is 1.70. The molecular formula is C20H21BrN2O3. The number of furan rings is 1. The van der Waals surface area contributed by atoms with Crippen molar-refractivity contribution in [2.45, 2.75) is 25.8 Å². The minimum absolute atomic E-state index is 0.00646. The van der Waals surface area contributed by atoms with Crippen LogP contribution in [0.2, 0.25) is 0 Å². The van der Waals surface area contributed by atoms with E-state index in [0.717, 1.165) is 23.7 Å². The van der Waals surface area contributed by atoms with Gasteiger partial charge in [-0.25, -0.2) is 0 Å². The maximum Gasteiger partial charge on any atom is 0.244 e. The van der Waals surface area contributed by atoms with Gasteiger partial charge in [0.05, 0.1) is 18.5 Å². The monoisotopic (exact) mass is 416 g/mol. The fourth-order valence-electron chi connectivity index (χ4n) is 3.00. The zero-order valence-corrected chi connectivity index (χ0v) is 15.9. The Labute approximate surface area is 161 Å². The Kier molecular flexibility index (Phi) is 6.28. The molecule has 1 atom stereocenters. The second-order valence-electron chi connectivity index (χ2n) is 6.28. The summed E-state index contributed by atoms with van der Waals surface area (Å²) in [6.07, 6.45) is 8.14. The molecule has 1 aromatic heterocycles. The summed E-state index contributed by atoms with van der Waals surface area (Å²) in [4.78, 5) is 27.0. The first-order valence-electron chi connectivity index (χ1n) is 8.64. The predicted molar refractivity (Wildman–Crippen MR) is 103 cm³/mol. The maximum atomic E-state index is 12.9. The van der Waals surface area contributed by atoms with Crippen molar-refractivity contribution in [3.05, 3.63) is 65.0 Å². The summed E-state index contributed by atoms with van der Waals surface area (Å²) in [5.41, 5.74) is 0.684. The molecule has 0 spiro atoms. The van der Waals surface area contributed by atoms with Crippen LogP contribution in [-0.2, 0) is 16.1 Å². The Hall–Kier alpha value is -2.34. The minimum atomic E-state index is -0.233. The van der Waals surface area contributed by atoms with Gasteiger partial charge in [0.1, 0.15) is 12.3 Å². The van der Waals surface area contributed by atoms with E-state index in [1.54, 1.807) is 17.2 Å². The van der Waals surface area contributed by atoms with Crippen molar-refractivity contribution in [1.29, 1.82) is 0 Å². The van der Waals surface area contributed by atoms with Gasteiger partial charge in [-0.2, -0.15) is 0 Å². The lowest BCUT2D eigenvalue weighted by Crippen LogP contribution is -2.41. The highest BCUT2D eigenvalue weighted by molar-refractivity contribution is 9.10. The van der Waals surface area contributed by atoms with Crippen LogP contribution in [0, 0.1) is 5.92 Å². The Morgan fingerprint density at radius 2 is 2.04 bits per heavy atom. The molecule has 0 saturated carbocycles. The number of carbonyl (C=O) groups is 2. The van der Waals surface area contributed by atoms with Crippen molar-refractivity contribution in [2.24, 2.45) is 5.92 Å². The van der Waals surface area contributed by atoms with Gasteiger partial charge >= 0.3 is 0 Å². The highest BCUT2D eigenvalue weighted by atomic mass is 79.9. The number of benzene rings is 1. The number of halogens is 1. The lowest BCUT2D eigenvalue weighted by Gasteiger charge is -2.27. The normalized spacial score (nSPS) is 16.3. The van der Waals surface area contributed by atoms with E-state index >= 15 is 0 Å². The molecule has 1 heterocycles. The first-order chi connectivity index (χ1) is 12.6. The third kappa shape index (κ3) is 4.85. The van der Waals surface area contributed by atoms with Crippen molar-refractivity contribution < 1.29 is 14.0 Å². The lowest BCUT2D eigenvalue weighted by molar-refractivity contribution is -0.139. The number of hydrogen-bond donors (Lipinski definition) is 1. The average molecular weight is 417 g/mol. The van der Waals surface area contributed by atoms with Crippen molar-refractivity contribution in [3.8, 4) is 0 Å². The van der Waals surface area contributed by atoms with Crippen LogP contribution < -0.4 is 5.32 Å². The Morgan fingerprint density at radius 1 is 1.19 bits per heavy atom. The first kappa shape index (κ1) is 18.5. The fourth-order valence-corrected chi connectivity index (χ4v) is 3.39. The molecule has 1 aromatic carbocycles. The molecule has 1 aliphatic rings. The molecule has 3 rings (SSSR count). The van der Waals surface area contributed by atoms with Crippen LogP contribution in [0.5, 0.6) is 0 Å². The summed E-state index contributed by atoms with van der Waals surface area (Å²) in [5, 5.41) is 2.85. The summed E-state index contributed by atoms with van der Waals surface area (Å²) < 4.78 is 6.17. The Bertz CT molecular complexity index is 786. The van der Waals surface area contributed by atoms with Crippen LogP contribution in [-0.4, -0.2) is 23.3 Å². The molecule has 1 aliphatic carbocycles. The fraction of sp³-hybridized carbons (Fsp3) is 0.300. The second-order valence-corrected chi connectivity index (χ2v) is 7.14. The number of para-hydroxylation sites is 1. The first-order valence-corrected chi connectivity index (χ1v) is 9.43. The van der Waals surface area contributed by atoms with E-state index in [9.17, 15) is 9.59 Å². The van der Waals surface area contributed by atoms with Gasteiger partial charge in [-0.15, -0.1) is 0 Å². The van der Waals surface area contributed by atoms with Crippen molar-refractivity contribution >= 4 is 33.4 Å². The van der Waals surface area contributed by atoms with E-state index < -0.39 is 0 Å². The molecule has 0 fully saturated rings. The number of anilines is 1. The van der Waals surface area contributed by atoms with Crippen molar-refractivity contribution in [1.82, 2.24) is 4.90 Å². The summed E-state index contributed by atoms with van der Waals surface area (Å²) in [7, 11) is 0. The quantitative estimate of drug-likeness (QED) is 0.711. The maximum absolute atomic E-state index is 12.9. The molecular weight excluding hydrogens is 396 g/mol. The van der Waals surface area contributed by atoms with Gasteiger partial charge in [0, 0.05) is 10.4 Å². The molecule has 2 amide bonds. The topological polar surface area (TPSA) is 62.6 Å². The Morgan fingerprint density at radius 3 is 2.73 bits per heavy atom. The summed E-state index contributed by atoms with van der Waals surface area (Å²) in [6.45, 7) is 0.274. The van der Waals surface area contributed by atoms with E-state index in [2.05, 4.69) is 27.3 Å². The van der Waals surface area contributed by atoms with Crippen LogP contribution in [0.4, 0.5) is 5.69 Å². The van der Waals surface area contributed by atoms with Gasteiger partial charge in [-0.05, 0) is 59.5 Å². The van der Waals surface area contributed by atoms with Gasteiger partial charge in [-0.1, -0.05) is 24.3 Å². The summed E-state index contributed by atoms with van der Waals surface area (Å²) in [5.74, 6) is 0.348. The molecule has 0 radical (unpaired) electrons. The van der Waals surface area contributed by atoms with Crippen LogP contribution in [0.3, 0.4) is 0 Å². The van der Waals surface area contributed by atoms with Crippen molar-refractivity contribution in [3.63, 3.8) is 0 Å². The minimum Gasteiger partial charge on any atom is -0.467 e. The van der Waals surface area contributed by atoms with Gasteiger partial charge in [-0.3, -0.25) is 9.59 Å². The van der Waals surface area contributed by atoms with Crippen molar-refractivity contribution in [2.75, 3.05) is 11.9 Å². The molecule has 1 unspecified atom stereocenters. The third-order valence-corrected chi connectivity index (χ3v) is 5.03. The number of rotatable bonds is 6. The van der Waals surface area contributed by atoms with Crippen LogP contribution in [0.1, 0.15) is 25.0 Å². The SMILES string of the molecule is O=C(CN(Cc1ccco1)C(=O)C1CC=CCC1)Nc1ccccc1Br. The molecule has 5 nitrogen and oxygen atoms in total. The molecule has 0 bridgehead atoms. The van der Waals surface area contributed by atoms with E-state index in [-0.39, 0.29) is 30.8 Å². The molecule has 136 valence electrons. The van der Waals surface area contributed by atoms with Crippen LogP contribution in [0.25, 0.3) is 0 Å². The molecule has 26 heavy (non-hydrogen) atoms. The number of nitrogens with one attached hydrogen (secondary N) is 1. The molecule has 2 aromatic rings. The highest BCUT2D eigenvalue weighted by Gasteiger charge is 2.26. The zero-order chi connectivity index (χ0) is 18.4. The average Bonchev–Trinajstić information content (AvgIpc) is 3.16. The van der Waals surface area contributed by atoms with E-state index in [4.69, 9.17) is 4.42 Å². The van der Waals surface area contributed by atoms with Crippen LogP contribution >= 0.6 is 15.9 Å². The van der Waals surface area contributed by atoms with Gasteiger partial charge in [0.25, 0.3) is 0 Å². The van der Waals surface area contributed by atoms with Crippen LogP contribution in [0.15, 0.2) is 63.7 Å². The molecule has 0 saturated heterocycles. The lowest BCUT2D eigenvalue weighted by atomic mass is 9.93. The standard InChI is InChI=1S/C20H21BrN2O3/c21-17-10-4-5-11-18(17)22-19(24)14-23(13-16-9-6-12-26-16)20(25)15-7-2-1-3-8-15/h1-2,4-6,9-12,15H,3,7-8,13-14H2,(H,22,24). The summed E-state index contributed by atoms with van der Waals surface area (Å²) in [6, 6.07) is 11.0. The molecule has 1 N–H and O–H groups in total. The number of allylic oxidation sites excluding steroid dienone is 2. The molecule has 0 aliphatic heterocycles. The number of carbonyl (C=O) groups excluding carboxylic acids is 2.